The predicted octanol–water partition coefficient (Wildman–Crippen LogP) is 16.8. The molecule has 0 aliphatic heterocycles. The second-order valence-electron chi connectivity index (χ2n) is 17.6. The van der Waals surface area contributed by atoms with E-state index in [0.717, 1.165) is 17.8 Å². The molecule has 2 aliphatic rings. The van der Waals surface area contributed by atoms with Gasteiger partial charge in [0.15, 0.2) is 0 Å². The Morgan fingerprint density at radius 3 is 1.80 bits per heavy atom. The van der Waals surface area contributed by atoms with Crippen LogP contribution < -0.4 is 4.90 Å². The maximum atomic E-state index is 2.48. The van der Waals surface area contributed by atoms with E-state index in [4.69, 9.17) is 0 Å². The summed E-state index contributed by atoms with van der Waals surface area (Å²) in [6.07, 6.45) is 8.11. The fourth-order valence-electron chi connectivity index (χ4n) is 10.8. The molecule has 66 heavy (non-hydrogen) atoms. The number of nitrogens with zero attached hydrogens (tertiary/aromatic N) is 2. The van der Waals surface area contributed by atoms with Crippen molar-refractivity contribution in [2.75, 3.05) is 4.90 Å². The molecule has 0 saturated heterocycles. The summed E-state index contributed by atoms with van der Waals surface area (Å²) in [4.78, 5) is 2.48. The number of para-hydroxylation sites is 2. The number of hydrogen-bond donors (Lipinski definition) is 0. The topological polar surface area (TPSA) is 8.17 Å². The monoisotopic (exact) mass is 840 g/mol. The Morgan fingerprint density at radius 2 is 1.03 bits per heavy atom. The lowest BCUT2D eigenvalue weighted by Gasteiger charge is -2.30. The number of benzene rings is 10. The van der Waals surface area contributed by atoms with Crippen LogP contribution in [0.1, 0.15) is 40.2 Å². The summed E-state index contributed by atoms with van der Waals surface area (Å²) < 4.78 is 2.39. The first-order valence-corrected chi connectivity index (χ1v) is 23.0. The van der Waals surface area contributed by atoms with Crippen LogP contribution in [0.25, 0.3) is 71.3 Å². The Morgan fingerprint density at radius 1 is 0.424 bits per heavy atom. The smallest absolute Gasteiger partial charge is 0.0541 e. The Labute approximate surface area is 385 Å². The van der Waals surface area contributed by atoms with Gasteiger partial charge in [0, 0.05) is 39.4 Å². The highest BCUT2D eigenvalue weighted by molar-refractivity contribution is 6.14. The van der Waals surface area contributed by atoms with Gasteiger partial charge in [-0.2, -0.15) is 0 Å². The standard InChI is InChI=1S/C64H44N2/c1-4-17-45(18-5-1)63(46-19-6-2-7-20-46)64-58-26-13-12-24-55(58)56-38-36-52(42-60(56)64)65(51-35-37-54-48(40-51)29-28-44-16-10-11-23-53(44)54)50-33-30-43(31-34-50)47-32-39-62-59(41-47)57-25-14-15-27-61(57)66(62)49-21-8-3-9-22-49/h1-30,32-43H,31H2. The molecule has 0 saturated carbocycles. The molecule has 0 N–H and O–H groups in total. The molecule has 1 heterocycles. The molecular formula is C64H44N2. The minimum Gasteiger partial charge on any atom is -0.311 e. The summed E-state index contributed by atoms with van der Waals surface area (Å²) in [7, 11) is 0. The molecule has 2 heteroatoms. The quantitative estimate of drug-likeness (QED) is 0.145. The zero-order valence-corrected chi connectivity index (χ0v) is 36.4. The third kappa shape index (κ3) is 6.25. The molecule has 0 fully saturated rings. The van der Waals surface area contributed by atoms with Crippen molar-refractivity contribution < 1.29 is 0 Å². The molecule has 0 amide bonds. The normalized spacial score (nSPS) is 14.2. The van der Waals surface area contributed by atoms with Crippen LogP contribution in [0.15, 0.2) is 254 Å². The first-order valence-electron chi connectivity index (χ1n) is 23.0. The van der Waals surface area contributed by atoms with Crippen LogP contribution in [0.2, 0.25) is 0 Å². The van der Waals surface area contributed by atoms with Gasteiger partial charge in [-0.3, -0.25) is 0 Å². The van der Waals surface area contributed by atoms with E-state index in [1.807, 2.05) is 0 Å². The van der Waals surface area contributed by atoms with Gasteiger partial charge in [0.1, 0.15) is 0 Å². The fourth-order valence-corrected chi connectivity index (χ4v) is 10.8. The van der Waals surface area contributed by atoms with E-state index in [1.165, 1.54) is 105 Å². The number of fused-ring (bicyclic) bond motifs is 9. The molecule has 0 spiro atoms. The Bertz CT molecular complexity index is 3740. The van der Waals surface area contributed by atoms with Gasteiger partial charge in [0.2, 0.25) is 0 Å². The molecule has 11 aromatic rings. The van der Waals surface area contributed by atoms with Crippen LogP contribution in [-0.4, -0.2) is 4.57 Å². The molecule has 1 aromatic heterocycles. The van der Waals surface area contributed by atoms with Gasteiger partial charge in [-0.25, -0.2) is 0 Å². The zero-order valence-electron chi connectivity index (χ0n) is 36.4. The van der Waals surface area contributed by atoms with Gasteiger partial charge in [0.25, 0.3) is 0 Å². The van der Waals surface area contributed by atoms with Gasteiger partial charge in [0.05, 0.1) is 11.0 Å². The summed E-state index contributed by atoms with van der Waals surface area (Å²) in [6, 6.07) is 84.7. The van der Waals surface area contributed by atoms with Crippen molar-refractivity contribution in [1.82, 2.24) is 4.57 Å². The summed E-state index contributed by atoms with van der Waals surface area (Å²) in [5, 5.41) is 7.58. The van der Waals surface area contributed by atoms with Gasteiger partial charge < -0.3 is 9.47 Å². The van der Waals surface area contributed by atoms with Crippen molar-refractivity contribution >= 4 is 65.9 Å². The van der Waals surface area contributed by atoms with Crippen LogP contribution in [0.5, 0.6) is 0 Å². The molecule has 0 bridgehead atoms. The van der Waals surface area contributed by atoms with E-state index >= 15 is 0 Å². The average Bonchev–Trinajstić information content (AvgIpc) is 3.89. The van der Waals surface area contributed by atoms with Crippen molar-refractivity contribution in [3.63, 3.8) is 0 Å². The highest BCUT2D eigenvalue weighted by atomic mass is 15.1. The lowest BCUT2D eigenvalue weighted by atomic mass is 9.88. The summed E-state index contributed by atoms with van der Waals surface area (Å²) in [6.45, 7) is 0. The summed E-state index contributed by atoms with van der Waals surface area (Å²) in [5.41, 5.74) is 18.4. The molecule has 0 radical (unpaired) electrons. The van der Waals surface area contributed by atoms with Crippen LogP contribution in [0.3, 0.4) is 0 Å². The second-order valence-corrected chi connectivity index (χ2v) is 17.6. The number of allylic oxidation sites excluding steroid dienone is 3. The van der Waals surface area contributed by atoms with E-state index in [9.17, 15) is 0 Å². The van der Waals surface area contributed by atoms with Gasteiger partial charge in [-0.05, 0) is 139 Å². The number of anilines is 2. The SMILES string of the molecule is C1=CC(c2ccc3c(c2)c2ccccc2n3-c2ccccc2)CC=C1N(c1ccc2c(c1)C(=C(c1ccccc1)c1ccccc1)c1ccccc1-2)c1ccc2c(ccc3ccccc32)c1. The third-order valence-corrected chi connectivity index (χ3v) is 13.9. The molecule has 10 aromatic carbocycles. The van der Waals surface area contributed by atoms with Crippen LogP contribution in [0.4, 0.5) is 11.4 Å². The van der Waals surface area contributed by atoms with Gasteiger partial charge >= 0.3 is 0 Å². The minimum absolute atomic E-state index is 0.241. The maximum absolute atomic E-state index is 2.48. The average molecular weight is 841 g/mol. The predicted molar refractivity (Wildman–Crippen MR) is 279 cm³/mol. The van der Waals surface area contributed by atoms with E-state index in [1.54, 1.807) is 0 Å². The Balaban J connectivity index is 0.956. The largest absolute Gasteiger partial charge is 0.311 e. The molecule has 13 rings (SSSR count). The van der Waals surface area contributed by atoms with Crippen molar-refractivity contribution in [3.8, 4) is 16.8 Å². The highest BCUT2D eigenvalue weighted by Gasteiger charge is 2.29. The van der Waals surface area contributed by atoms with Crippen LogP contribution >= 0.6 is 0 Å². The van der Waals surface area contributed by atoms with Crippen molar-refractivity contribution in [2.45, 2.75) is 12.3 Å². The van der Waals surface area contributed by atoms with Crippen molar-refractivity contribution in [2.24, 2.45) is 0 Å². The zero-order chi connectivity index (χ0) is 43.6. The minimum atomic E-state index is 0.241. The molecule has 1 atom stereocenters. The number of aromatic nitrogens is 1. The highest BCUT2D eigenvalue weighted by Crippen LogP contribution is 2.51. The first-order chi connectivity index (χ1) is 32.7. The summed E-state index contributed by atoms with van der Waals surface area (Å²) >= 11 is 0. The third-order valence-electron chi connectivity index (χ3n) is 13.9. The fraction of sp³-hybridized carbons (Fsp3) is 0.0312. The maximum Gasteiger partial charge on any atom is 0.0541 e. The van der Waals surface area contributed by atoms with E-state index in [2.05, 4.69) is 258 Å². The number of hydrogen-bond acceptors (Lipinski definition) is 1. The van der Waals surface area contributed by atoms with Gasteiger partial charge in [-0.15, -0.1) is 0 Å². The van der Waals surface area contributed by atoms with Gasteiger partial charge in [-0.1, -0.05) is 188 Å². The van der Waals surface area contributed by atoms with E-state index < -0.39 is 0 Å². The second kappa shape index (κ2) is 15.7. The van der Waals surface area contributed by atoms with Crippen LogP contribution in [-0.2, 0) is 0 Å². The molecular weight excluding hydrogens is 797 g/mol. The molecule has 310 valence electrons. The Hall–Kier alpha value is -8.46. The van der Waals surface area contributed by atoms with Crippen molar-refractivity contribution in [3.05, 3.63) is 282 Å². The molecule has 2 aliphatic carbocycles. The van der Waals surface area contributed by atoms with Crippen LogP contribution in [0, 0.1) is 0 Å². The summed E-state index contributed by atoms with van der Waals surface area (Å²) in [5.74, 6) is 0.241. The lowest BCUT2D eigenvalue weighted by molar-refractivity contribution is 0.841. The first kappa shape index (κ1) is 38.0. The lowest BCUT2D eigenvalue weighted by Crippen LogP contribution is -2.17. The van der Waals surface area contributed by atoms with E-state index in [0.29, 0.717) is 0 Å². The molecule has 1 unspecified atom stereocenters. The van der Waals surface area contributed by atoms with Crippen molar-refractivity contribution in [1.29, 1.82) is 0 Å². The molecule has 2 nitrogen and oxygen atoms in total. The number of rotatable bonds is 7. The van der Waals surface area contributed by atoms with E-state index in [-0.39, 0.29) is 5.92 Å². The Kier molecular flexibility index (Phi) is 9.02.